The number of nitrogens with zero attached hydrogens (tertiary/aromatic N) is 3. The molecule has 1 aliphatic heterocycles. The quantitative estimate of drug-likeness (QED) is 0.529. The van der Waals surface area contributed by atoms with Crippen molar-refractivity contribution in [2.24, 2.45) is 0 Å². The monoisotopic (exact) mass is 509 g/mol. The number of sulfonamides is 1. The summed E-state index contributed by atoms with van der Waals surface area (Å²) in [7, 11) is -3.47. The molecule has 188 valence electrons. The fraction of sp³-hybridized carbons (Fsp3) is 0.391. The summed E-state index contributed by atoms with van der Waals surface area (Å²) in [6.45, 7) is 3.67. The van der Waals surface area contributed by atoms with Crippen LogP contribution in [0.15, 0.2) is 48.5 Å². The molecule has 2 heterocycles. The number of benzene rings is 2. The molecule has 1 atom stereocenters. The number of aromatic nitrogens is 2. The molecule has 1 unspecified atom stereocenters. The molecule has 1 aromatic heterocycles. The number of para-hydroxylation sites is 2. The maximum Gasteiger partial charge on any atom is 0.416 e. The molecular formula is C23H26F3N5O3S. The molecule has 2 aromatic carbocycles. The van der Waals surface area contributed by atoms with Gasteiger partial charge in [-0.05, 0) is 43.7 Å². The van der Waals surface area contributed by atoms with E-state index in [1.807, 2.05) is 6.07 Å². The number of fused-ring (bicyclic) bond motifs is 1. The first-order valence-corrected chi connectivity index (χ1v) is 12.6. The van der Waals surface area contributed by atoms with Gasteiger partial charge in [0, 0.05) is 26.2 Å². The fourth-order valence-corrected chi connectivity index (χ4v) is 5.25. The first-order chi connectivity index (χ1) is 16.5. The number of aromatic amines is 1. The Balaban J connectivity index is 1.62. The van der Waals surface area contributed by atoms with Gasteiger partial charge in [-0.15, -0.1) is 0 Å². The Morgan fingerprint density at radius 3 is 2.37 bits per heavy atom. The van der Waals surface area contributed by atoms with Crippen LogP contribution in [0.1, 0.15) is 31.0 Å². The van der Waals surface area contributed by atoms with E-state index in [1.165, 1.54) is 21.3 Å². The molecule has 35 heavy (non-hydrogen) atoms. The van der Waals surface area contributed by atoms with E-state index in [9.17, 15) is 26.4 Å². The van der Waals surface area contributed by atoms with E-state index in [2.05, 4.69) is 15.3 Å². The highest BCUT2D eigenvalue weighted by atomic mass is 32.2. The van der Waals surface area contributed by atoms with Gasteiger partial charge in [-0.1, -0.05) is 24.3 Å². The first-order valence-electron chi connectivity index (χ1n) is 11.1. The molecule has 1 amide bonds. The third-order valence-electron chi connectivity index (χ3n) is 5.97. The number of piperazine rings is 1. The van der Waals surface area contributed by atoms with Crippen molar-refractivity contribution in [2.45, 2.75) is 31.3 Å². The summed E-state index contributed by atoms with van der Waals surface area (Å²) < 4.78 is 66.4. The van der Waals surface area contributed by atoms with Crippen LogP contribution in [0.4, 0.5) is 19.1 Å². The molecule has 8 nitrogen and oxygen atoms in total. The molecule has 0 bridgehead atoms. The largest absolute Gasteiger partial charge is 0.416 e. The van der Waals surface area contributed by atoms with Crippen LogP contribution in [0.25, 0.3) is 11.0 Å². The third kappa shape index (κ3) is 5.27. The number of alkyl halides is 3. The second kappa shape index (κ2) is 9.50. The molecule has 0 spiro atoms. The molecule has 12 heteroatoms. The first kappa shape index (κ1) is 25.0. The highest BCUT2D eigenvalue weighted by Gasteiger charge is 2.36. The van der Waals surface area contributed by atoms with Gasteiger partial charge in [0.05, 0.1) is 21.8 Å². The van der Waals surface area contributed by atoms with E-state index < -0.39 is 39.0 Å². The zero-order valence-corrected chi connectivity index (χ0v) is 20.0. The van der Waals surface area contributed by atoms with Gasteiger partial charge in [0.1, 0.15) is 6.04 Å². The van der Waals surface area contributed by atoms with Crippen molar-refractivity contribution in [2.75, 3.05) is 31.5 Å². The molecule has 0 radical (unpaired) electrons. The molecule has 0 saturated carbocycles. The van der Waals surface area contributed by atoms with Crippen LogP contribution in [-0.4, -0.2) is 64.9 Å². The second-order valence-corrected chi connectivity index (χ2v) is 11.1. The van der Waals surface area contributed by atoms with Gasteiger partial charge in [-0.25, -0.2) is 13.4 Å². The minimum Gasteiger partial charge on any atom is -0.340 e. The predicted octanol–water partition coefficient (Wildman–Crippen LogP) is 3.62. The van der Waals surface area contributed by atoms with Crippen LogP contribution in [0.3, 0.4) is 0 Å². The molecule has 3 aromatic rings. The van der Waals surface area contributed by atoms with Crippen molar-refractivity contribution in [3.63, 3.8) is 0 Å². The number of carbonyl (C=O) groups is 1. The Morgan fingerprint density at radius 2 is 1.74 bits per heavy atom. The van der Waals surface area contributed by atoms with E-state index >= 15 is 0 Å². The summed E-state index contributed by atoms with van der Waals surface area (Å²) >= 11 is 0. The Kier molecular flexibility index (Phi) is 6.78. The summed E-state index contributed by atoms with van der Waals surface area (Å²) in [5.74, 6) is -0.227. The summed E-state index contributed by atoms with van der Waals surface area (Å²) in [4.78, 5) is 22.4. The van der Waals surface area contributed by atoms with E-state index in [0.29, 0.717) is 11.0 Å². The number of hydrogen-bond donors (Lipinski definition) is 2. The fourth-order valence-electron chi connectivity index (χ4n) is 3.98. The van der Waals surface area contributed by atoms with Crippen molar-refractivity contribution >= 4 is 32.9 Å². The molecular weight excluding hydrogens is 483 g/mol. The zero-order chi connectivity index (χ0) is 25.4. The smallest absolute Gasteiger partial charge is 0.340 e. The zero-order valence-electron chi connectivity index (χ0n) is 19.2. The van der Waals surface area contributed by atoms with E-state index in [0.717, 1.165) is 12.1 Å². The van der Waals surface area contributed by atoms with Crippen LogP contribution in [0.5, 0.6) is 0 Å². The number of hydrogen-bond acceptors (Lipinski definition) is 5. The Bertz CT molecular complexity index is 1280. The molecule has 4 rings (SSSR count). The van der Waals surface area contributed by atoms with Crippen molar-refractivity contribution < 1.29 is 26.4 Å². The topological polar surface area (TPSA) is 98.4 Å². The average molecular weight is 510 g/mol. The van der Waals surface area contributed by atoms with Crippen molar-refractivity contribution in [3.8, 4) is 0 Å². The van der Waals surface area contributed by atoms with Gasteiger partial charge in [0.25, 0.3) is 0 Å². The standard InChI is InChI=1S/C23H26F3N5O3S/c1-15(2)35(33,34)31-12-10-30(11-13-31)21(32)20(16-6-5-7-17(14-16)23(24,25)26)29-22-27-18-8-3-4-9-19(18)28-22/h3-9,14-15,20H,10-13H2,1-2H3,(H2,27,28,29). The highest BCUT2D eigenvalue weighted by molar-refractivity contribution is 7.89. The van der Waals surface area contributed by atoms with Crippen LogP contribution in [0, 0.1) is 0 Å². The second-order valence-electron chi connectivity index (χ2n) is 8.62. The Labute approximate surface area is 201 Å². The SMILES string of the molecule is CC(C)S(=O)(=O)N1CCN(C(=O)C(Nc2nc3ccccc3[nH]2)c2cccc(C(F)(F)F)c2)CC1. The van der Waals surface area contributed by atoms with Crippen molar-refractivity contribution in [1.29, 1.82) is 0 Å². The van der Waals surface area contributed by atoms with Gasteiger partial charge < -0.3 is 15.2 Å². The summed E-state index contributed by atoms with van der Waals surface area (Å²) in [6.07, 6.45) is -4.57. The number of imidazole rings is 1. The molecule has 1 aliphatic rings. The maximum absolute atomic E-state index is 13.5. The number of nitrogens with one attached hydrogen (secondary N) is 2. The highest BCUT2D eigenvalue weighted by Crippen LogP contribution is 2.32. The number of amides is 1. The molecule has 1 saturated heterocycles. The predicted molar refractivity (Wildman–Crippen MR) is 126 cm³/mol. The lowest BCUT2D eigenvalue weighted by atomic mass is 10.0. The number of anilines is 1. The van der Waals surface area contributed by atoms with Gasteiger partial charge in [0.2, 0.25) is 21.9 Å². The lowest BCUT2D eigenvalue weighted by Crippen LogP contribution is -2.53. The van der Waals surface area contributed by atoms with Gasteiger partial charge in [-0.3, -0.25) is 4.79 Å². The molecule has 1 fully saturated rings. The lowest BCUT2D eigenvalue weighted by molar-refractivity contribution is -0.138. The van der Waals surface area contributed by atoms with Gasteiger partial charge >= 0.3 is 6.18 Å². The minimum atomic E-state index is -4.57. The van der Waals surface area contributed by atoms with E-state index in [-0.39, 0.29) is 37.7 Å². The van der Waals surface area contributed by atoms with E-state index in [1.54, 1.807) is 32.0 Å². The maximum atomic E-state index is 13.5. The number of rotatable bonds is 6. The minimum absolute atomic E-state index is 0.117. The normalized spacial score (nSPS) is 16.6. The van der Waals surface area contributed by atoms with Crippen LogP contribution in [0.2, 0.25) is 0 Å². The van der Waals surface area contributed by atoms with Crippen molar-refractivity contribution in [1.82, 2.24) is 19.2 Å². The number of carbonyl (C=O) groups excluding carboxylic acids is 1. The van der Waals surface area contributed by atoms with Gasteiger partial charge in [-0.2, -0.15) is 17.5 Å². The Morgan fingerprint density at radius 1 is 1.06 bits per heavy atom. The summed E-state index contributed by atoms with van der Waals surface area (Å²) in [5.41, 5.74) is 0.602. The Hall–Kier alpha value is -3.12. The summed E-state index contributed by atoms with van der Waals surface area (Å²) in [6, 6.07) is 10.6. The van der Waals surface area contributed by atoms with Crippen LogP contribution in [-0.2, 0) is 21.0 Å². The average Bonchev–Trinajstić information content (AvgIpc) is 3.24. The summed E-state index contributed by atoms with van der Waals surface area (Å²) in [5, 5.41) is 2.38. The van der Waals surface area contributed by atoms with Gasteiger partial charge in [0.15, 0.2) is 0 Å². The van der Waals surface area contributed by atoms with Crippen LogP contribution >= 0.6 is 0 Å². The number of halogens is 3. The third-order valence-corrected chi connectivity index (χ3v) is 8.25. The molecule has 2 N–H and O–H groups in total. The molecule has 0 aliphatic carbocycles. The van der Waals surface area contributed by atoms with Crippen LogP contribution < -0.4 is 5.32 Å². The lowest BCUT2D eigenvalue weighted by Gasteiger charge is -2.36. The van der Waals surface area contributed by atoms with E-state index in [4.69, 9.17) is 0 Å². The number of H-pyrrole nitrogens is 1. The van der Waals surface area contributed by atoms with Crippen molar-refractivity contribution in [3.05, 3.63) is 59.7 Å².